The van der Waals surface area contributed by atoms with Gasteiger partial charge in [0.2, 0.25) is 0 Å². The van der Waals surface area contributed by atoms with E-state index in [0.717, 1.165) is 6.42 Å². The van der Waals surface area contributed by atoms with Gasteiger partial charge >= 0.3 is 5.69 Å². The number of hydroxylamine groups is 2. The van der Waals surface area contributed by atoms with Crippen LogP contribution in [-0.4, -0.2) is 39.4 Å². The summed E-state index contributed by atoms with van der Waals surface area (Å²) < 4.78 is 1.31. The van der Waals surface area contributed by atoms with Gasteiger partial charge in [0.25, 0.3) is 5.56 Å². The first-order valence-electron chi connectivity index (χ1n) is 6.91. The number of aliphatic hydroxyl groups excluding tert-OH is 1. The molecule has 7 nitrogen and oxygen atoms in total. The quantitative estimate of drug-likeness (QED) is 0.755. The number of nitrogens with zero attached hydrogens (tertiary/aromatic N) is 2. The van der Waals surface area contributed by atoms with Gasteiger partial charge in [-0.3, -0.25) is 19.2 Å². The molecule has 0 saturated carbocycles. The van der Waals surface area contributed by atoms with E-state index >= 15 is 0 Å². The Morgan fingerprint density at radius 1 is 1.52 bits per heavy atom. The molecule has 2 atom stereocenters. The Kier molecular flexibility index (Phi) is 4.96. The Morgan fingerprint density at radius 2 is 2.29 bits per heavy atom. The number of aromatic nitrogens is 2. The standard InChI is InChI=1S/C14H19N3O4/c1-3-4-5-6-10-8-17(14(20)15-13(10)19)12-7-11(9-18)16(2)21-12/h8,11-12,18H,3-4,7,9H2,1-2H3,(H,15,19,20). The van der Waals surface area contributed by atoms with Gasteiger partial charge in [-0.2, -0.15) is 5.06 Å². The van der Waals surface area contributed by atoms with Crippen molar-refractivity contribution in [3.8, 4) is 11.8 Å². The molecule has 2 heterocycles. The topological polar surface area (TPSA) is 87.6 Å². The maximum atomic E-state index is 11.9. The fourth-order valence-electron chi connectivity index (χ4n) is 2.13. The van der Waals surface area contributed by atoms with Gasteiger partial charge in [0.15, 0.2) is 6.23 Å². The summed E-state index contributed by atoms with van der Waals surface area (Å²) in [6.07, 6.45) is 2.92. The Balaban J connectivity index is 2.33. The second-order valence-electron chi connectivity index (χ2n) is 4.94. The normalized spacial score (nSPS) is 22.0. The van der Waals surface area contributed by atoms with E-state index < -0.39 is 17.5 Å². The maximum Gasteiger partial charge on any atom is 0.330 e. The molecule has 114 valence electrons. The van der Waals surface area contributed by atoms with Gasteiger partial charge in [0, 0.05) is 26.1 Å². The van der Waals surface area contributed by atoms with Crippen LogP contribution in [0.15, 0.2) is 15.8 Å². The van der Waals surface area contributed by atoms with Crippen molar-refractivity contribution in [2.75, 3.05) is 13.7 Å². The van der Waals surface area contributed by atoms with Crippen molar-refractivity contribution in [3.05, 3.63) is 32.6 Å². The SMILES string of the molecule is CCCC#Cc1cn(C2CC(CO)N(C)O2)c(=O)[nH]c1=O. The summed E-state index contributed by atoms with van der Waals surface area (Å²) in [7, 11) is 1.69. The van der Waals surface area contributed by atoms with E-state index in [0.29, 0.717) is 12.8 Å². The van der Waals surface area contributed by atoms with E-state index in [-0.39, 0.29) is 18.2 Å². The third-order valence-electron chi connectivity index (χ3n) is 3.36. The van der Waals surface area contributed by atoms with E-state index in [9.17, 15) is 14.7 Å². The number of likely N-dealkylation sites (N-methyl/N-ethyl adjacent to an activating group) is 1. The van der Waals surface area contributed by atoms with Crippen molar-refractivity contribution >= 4 is 0 Å². The van der Waals surface area contributed by atoms with Crippen LogP contribution in [0.25, 0.3) is 0 Å². The van der Waals surface area contributed by atoms with Crippen LogP contribution >= 0.6 is 0 Å². The molecule has 0 spiro atoms. The Labute approximate surface area is 122 Å². The molecule has 1 aliphatic heterocycles. The molecule has 0 amide bonds. The van der Waals surface area contributed by atoms with Gasteiger partial charge in [0.1, 0.15) is 5.56 Å². The van der Waals surface area contributed by atoms with Crippen LogP contribution in [-0.2, 0) is 4.84 Å². The second-order valence-corrected chi connectivity index (χ2v) is 4.94. The third-order valence-corrected chi connectivity index (χ3v) is 3.36. The summed E-state index contributed by atoms with van der Waals surface area (Å²) in [5.74, 6) is 5.65. The first-order chi connectivity index (χ1) is 10.1. The fourth-order valence-corrected chi connectivity index (χ4v) is 2.13. The lowest BCUT2D eigenvalue weighted by Gasteiger charge is -2.15. The molecule has 0 radical (unpaired) electrons. The number of aliphatic hydroxyl groups is 1. The second kappa shape index (κ2) is 6.72. The number of hydrogen-bond donors (Lipinski definition) is 2. The Bertz CT molecular complexity index is 667. The number of nitrogens with one attached hydrogen (secondary N) is 1. The Morgan fingerprint density at radius 3 is 2.90 bits per heavy atom. The molecule has 1 fully saturated rings. The van der Waals surface area contributed by atoms with E-state index in [1.54, 1.807) is 7.05 Å². The molecule has 0 aliphatic carbocycles. The number of aromatic amines is 1. The predicted molar refractivity (Wildman–Crippen MR) is 76.5 cm³/mol. The zero-order chi connectivity index (χ0) is 15.4. The van der Waals surface area contributed by atoms with Crippen molar-refractivity contribution in [1.82, 2.24) is 14.6 Å². The summed E-state index contributed by atoms with van der Waals surface area (Å²) in [5.41, 5.74) is -0.801. The molecule has 7 heteroatoms. The van der Waals surface area contributed by atoms with Gasteiger partial charge < -0.3 is 5.11 Å². The lowest BCUT2D eigenvalue weighted by atomic mass is 10.2. The molecule has 2 unspecified atom stereocenters. The van der Waals surface area contributed by atoms with Crippen LogP contribution in [0.4, 0.5) is 0 Å². The predicted octanol–water partition coefficient (Wildman–Crippen LogP) is -0.185. The van der Waals surface area contributed by atoms with E-state index in [1.165, 1.54) is 15.8 Å². The van der Waals surface area contributed by atoms with E-state index in [2.05, 4.69) is 16.8 Å². The molecule has 0 bridgehead atoms. The molecule has 2 N–H and O–H groups in total. The van der Waals surface area contributed by atoms with Crippen LogP contribution in [0.2, 0.25) is 0 Å². The third kappa shape index (κ3) is 3.42. The van der Waals surface area contributed by atoms with Crippen molar-refractivity contribution in [2.45, 2.75) is 38.5 Å². The molecule has 21 heavy (non-hydrogen) atoms. The van der Waals surface area contributed by atoms with Crippen molar-refractivity contribution < 1.29 is 9.94 Å². The minimum absolute atomic E-state index is 0.0612. The van der Waals surface area contributed by atoms with Gasteiger partial charge in [-0.05, 0) is 6.42 Å². The highest BCUT2D eigenvalue weighted by Gasteiger charge is 2.32. The zero-order valence-electron chi connectivity index (χ0n) is 12.1. The van der Waals surface area contributed by atoms with Gasteiger partial charge in [-0.1, -0.05) is 18.8 Å². The number of rotatable bonds is 3. The average molecular weight is 293 g/mol. The zero-order valence-corrected chi connectivity index (χ0v) is 12.1. The largest absolute Gasteiger partial charge is 0.395 e. The summed E-state index contributed by atoms with van der Waals surface area (Å²) in [4.78, 5) is 31.4. The first kappa shape index (κ1) is 15.5. The van der Waals surface area contributed by atoms with Crippen molar-refractivity contribution in [2.24, 2.45) is 0 Å². The number of H-pyrrole nitrogens is 1. The van der Waals surface area contributed by atoms with Crippen molar-refractivity contribution in [3.63, 3.8) is 0 Å². The fraction of sp³-hybridized carbons (Fsp3) is 0.571. The summed E-state index contributed by atoms with van der Waals surface area (Å²) in [5, 5.41) is 10.7. The average Bonchev–Trinajstić information content (AvgIpc) is 2.82. The molecule has 2 rings (SSSR count). The molecular formula is C14H19N3O4. The summed E-state index contributed by atoms with van der Waals surface area (Å²) in [6, 6.07) is -0.177. The monoisotopic (exact) mass is 293 g/mol. The highest BCUT2D eigenvalue weighted by molar-refractivity contribution is 5.29. The molecule has 1 aromatic rings. The van der Waals surface area contributed by atoms with Crippen LogP contribution in [0.5, 0.6) is 0 Å². The number of hydrogen-bond acceptors (Lipinski definition) is 5. The Hall–Kier alpha value is -1.88. The minimum atomic E-state index is -0.553. The van der Waals surface area contributed by atoms with Crippen molar-refractivity contribution in [1.29, 1.82) is 0 Å². The van der Waals surface area contributed by atoms with Crippen LogP contribution in [0.3, 0.4) is 0 Å². The van der Waals surface area contributed by atoms with Gasteiger partial charge in [0.05, 0.1) is 12.6 Å². The minimum Gasteiger partial charge on any atom is -0.395 e. The van der Waals surface area contributed by atoms with Crippen LogP contribution in [0.1, 0.15) is 38.0 Å². The maximum absolute atomic E-state index is 11.9. The summed E-state index contributed by atoms with van der Waals surface area (Å²) >= 11 is 0. The molecule has 1 aliphatic rings. The van der Waals surface area contributed by atoms with Gasteiger partial charge in [-0.15, -0.1) is 0 Å². The highest BCUT2D eigenvalue weighted by Crippen LogP contribution is 2.25. The molecule has 0 aromatic carbocycles. The first-order valence-corrected chi connectivity index (χ1v) is 6.91. The van der Waals surface area contributed by atoms with Crippen LogP contribution in [0, 0.1) is 11.8 Å². The van der Waals surface area contributed by atoms with Gasteiger partial charge in [-0.25, -0.2) is 4.79 Å². The molecular weight excluding hydrogens is 274 g/mol. The number of unbranched alkanes of at least 4 members (excludes halogenated alkanes) is 1. The molecule has 1 aromatic heterocycles. The molecule has 1 saturated heterocycles. The van der Waals surface area contributed by atoms with Crippen LogP contribution < -0.4 is 11.2 Å². The van der Waals surface area contributed by atoms with E-state index in [1.807, 2.05) is 6.92 Å². The lowest BCUT2D eigenvalue weighted by molar-refractivity contribution is -0.170. The smallest absolute Gasteiger partial charge is 0.330 e. The highest BCUT2D eigenvalue weighted by atomic mass is 16.7. The summed E-state index contributed by atoms with van der Waals surface area (Å²) in [6.45, 7) is 1.94. The lowest BCUT2D eigenvalue weighted by Crippen LogP contribution is -2.33. The van der Waals surface area contributed by atoms with E-state index in [4.69, 9.17) is 4.84 Å².